The van der Waals surface area contributed by atoms with Gasteiger partial charge in [-0.3, -0.25) is 4.79 Å². The molecule has 0 aliphatic heterocycles. The number of hydrogen-bond acceptors (Lipinski definition) is 8. The fourth-order valence-corrected chi connectivity index (χ4v) is 2.55. The summed E-state index contributed by atoms with van der Waals surface area (Å²) < 4.78 is 25.7. The fourth-order valence-electron chi connectivity index (χ4n) is 2.55. The number of carbonyl (C=O) groups is 3. The average molecular weight is 422 g/mol. The SMILES string of the molecule is COc1ccc(C(=O)Oc2ccc(OC=O)cc2OC(=O)c2ccc(OC)cc2)cc1. The Morgan fingerprint density at radius 2 is 1.10 bits per heavy atom. The Balaban J connectivity index is 1.84. The van der Waals surface area contributed by atoms with E-state index >= 15 is 0 Å². The van der Waals surface area contributed by atoms with E-state index in [4.69, 9.17) is 23.7 Å². The van der Waals surface area contributed by atoms with Crippen molar-refractivity contribution in [1.29, 1.82) is 0 Å². The molecule has 0 atom stereocenters. The molecule has 8 heteroatoms. The van der Waals surface area contributed by atoms with Gasteiger partial charge in [0.25, 0.3) is 6.47 Å². The van der Waals surface area contributed by atoms with Gasteiger partial charge in [-0.1, -0.05) is 0 Å². The van der Waals surface area contributed by atoms with Gasteiger partial charge in [-0.25, -0.2) is 9.59 Å². The van der Waals surface area contributed by atoms with Crippen LogP contribution in [0.3, 0.4) is 0 Å². The molecule has 0 heterocycles. The summed E-state index contributed by atoms with van der Waals surface area (Å²) >= 11 is 0. The highest BCUT2D eigenvalue weighted by atomic mass is 16.6. The maximum absolute atomic E-state index is 12.5. The third-order valence-corrected chi connectivity index (χ3v) is 4.16. The number of hydrogen-bond donors (Lipinski definition) is 0. The van der Waals surface area contributed by atoms with Crippen molar-refractivity contribution in [2.75, 3.05) is 14.2 Å². The predicted molar refractivity (Wildman–Crippen MR) is 109 cm³/mol. The van der Waals surface area contributed by atoms with Crippen LogP contribution in [0, 0.1) is 0 Å². The third kappa shape index (κ3) is 5.39. The first-order chi connectivity index (χ1) is 15.0. The highest BCUT2D eigenvalue weighted by Crippen LogP contribution is 2.33. The summed E-state index contributed by atoms with van der Waals surface area (Å²) in [6.07, 6.45) is 0. The summed E-state index contributed by atoms with van der Waals surface area (Å²) in [4.78, 5) is 35.7. The average Bonchev–Trinajstić information content (AvgIpc) is 2.81. The molecule has 0 saturated heterocycles. The first-order valence-corrected chi connectivity index (χ1v) is 9.01. The summed E-state index contributed by atoms with van der Waals surface area (Å²) in [5, 5.41) is 0. The lowest BCUT2D eigenvalue weighted by molar-refractivity contribution is -0.120. The molecule has 0 fully saturated rings. The summed E-state index contributed by atoms with van der Waals surface area (Å²) in [6, 6.07) is 16.6. The van der Waals surface area contributed by atoms with Gasteiger partial charge in [0.05, 0.1) is 25.3 Å². The van der Waals surface area contributed by atoms with Crippen LogP contribution in [0.5, 0.6) is 28.7 Å². The quantitative estimate of drug-likeness (QED) is 0.308. The Bertz CT molecular complexity index is 1070. The molecule has 0 spiro atoms. The molecular weight excluding hydrogens is 404 g/mol. The minimum atomic E-state index is -0.701. The van der Waals surface area contributed by atoms with Gasteiger partial charge in [-0.05, 0) is 60.7 Å². The molecule has 0 radical (unpaired) electrons. The lowest BCUT2D eigenvalue weighted by Gasteiger charge is -2.12. The summed E-state index contributed by atoms with van der Waals surface area (Å²) in [7, 11) is 3.02. The number of benzene rings is 3. The van der Waals surface area contributed by atoms with Crippen LogP contribution in [-0.4, -0.2) is 32.6 Å². The number of methoxy groups -OCH3 is 2. The topological polar surface area (TPSA) is 97.4 Å². The molecule has 0 amide bonds. The van der Waals surface area contributed by atoms with Gasteiger partial charge in [0.1, 0.15) is 17.2 Å². The Morgan fingerprint density at radius 3 is 1.55 bits per heavy atom. The number of carbonyl (C=O) groups excluding carboxylic acids is 3. The van der Waals surface area contributed by atoms with E-state index in [1.165, 1.54) is 56.7 Å². The third-order valence-electron chi connectivity index (χ3n) is 4.16. The lowest BCUT2D eigenvalue weighted by Crippen LogP contribution is -2.12. The highest BCUT2D eigenvalue weighted by molar-refractivity contribution is 5.93. The molecule has 0 aliphatic carbocycles. The molecular formula is C23H18O8. The highest BCUT2D eigenvalue weighted by Gasteiger charge is 2.18. The summed E-state index contributed by atoms with van der Waals surface area (Å²) in [5.74, 6) is -0.228. The number of rotatable bonds is 8. The van der Waals surface area contributed by atoms with Crippen molar-refractivity contribution in [3.63, 3.8) is 0 Å². The van der Waals surface area contributed by atoms with Crippen LogP contribution in [0.25, 0.3) is 0 Å². The molecule has 31 heavy (non-hydrogen) atoms. The second-order valence-electron chi connectivity index (χ2n) is 6.06. The molecule has 8 nitrogen and oxygen atoms in total. The Kier molecular flexibility index (Phi) is 6.85. The van der Waals surface area contributed by atoms with Gasteiger partial charge in [0, 0.05) is 6.07 Å². The van der Waals surface area contributed by atoms with Crippen molar-refractivity contribution in [1.82, 2.24) is 0 Å². The first-order valence-electron chi connectivity index (χ1n) is 9.01. The van der Waals surface area contributed by atoms with Crippen LogP contribution in [0.4, 0.5) is 0 Å². The molecule has 0 aliphatic rings. The van der Waals surface area contributed by atoms with Gasteiger partial charge >= 0.3 is 11.9 Å². The largest absolute Gasteiger partial charge is 0.497 e. The summed E-state index contributed by atoms with van der Waals surface area (Å²) in [6.45, 7) is 0.230. The normalized spacial score (nSPS) is 10.0. The second-order valence-corrected chi connectivity index (χ2v) is 6.06. The van der Waals surface area contributed by atoms with E-state index in [2.05, 4.69) is 0 Å². The van der Waals surface area contributed by atoms with Crippen LogP contribution in [-0.2, 0) is 4.79 Å². The number of esters is 2. The predicted octanol–water partition coefficient (Wildman–Crippen LogP) is 3.68. The standard InChI is InChI=1S/C23H18O8/c1-27-17-7-3-15(4-8-17)22(25)30-20-12-11-19(29-14-24)13-21(20)31-23(26)16-5-9-18(28-2)10-6-16/h3-14H,1-2H3. The zero-order chi connectivity index (χ0) is 22.2. The van der Waals surface area contributed by atoms with E-state index in [0.29, 0.717) is 11.5 Å². The number of ether oxygens (including phenoxy) is 5. The van der Waals surface area contributed by atoms with Crippen LogP contribution >= 0.6 is 0 Å². The first kappa shape index (κ1) is 21.4. The van der Waals surface area contributed by atoms with E-state index in [0.717, 1.165) is 0 Å². The van der Waals surface area contributed by atoms with E-state index in [1.54, 1.807) is 24.3 Å². The maximum Gasteiger partial charge on any atom is 0.343 e. The molecule has 3 rings (SSSR count). The Labute approximate surface area is 177 Å². The van der Waals surface area contributed by atoms with E-state index < -0.39 is 11.9 Å². The second kappa shape index (κ2) is 9.93. The van der Waals surface area contributed by atoms with Crippen molar-refractivity contribution < 1.29 is 38.1 Å². The molecule has 158 valence electrons. The van der Waals surface area contributed by atoms with Crippen LogP contribution in [0.15, 0.2) is 66.7 Å². The Morgan fingerprint density at radius 1 is 0.645 bits per heavy atom. The smallest absolute Gasteiger partial charge is 0.343 e. The lowest BCUT2D eigenvalue weighted by atomic mass is 10.2. The molecule has 3 aromatic carbocycles. The minimum Gasteiger partial charge on any atom is -0.497 e. The fraction of sp³-hybridized carbons (Fsp3) is 0.0870. The van der Waals surface area contributed by atoms with Crippen molar-refractivity contribution in [3.05, 3.63) is 77.9 Å². The van der Waals surface area contributed by atoms with E-state index in [9.17, 15) is 14.4 Å². The molecule has 0 aromatic heterocycles. The van der Waals surface area contributed by atoms with E-state index in [1.807, 2.05) is 0 Å². The van der Waals surface area contributed by atoms with Crippen molar-refractivity contribution in [2.24, 2.45) is 0 Å². The zero-order valence-corrected chi connectivity index (χ0v) is 16.7. The van der Waals surface area contributed by atoms with Gasteiger partial charge in [0.2, 0.25) is 0 Å². The molecule has 3 aromatic rings. The van der Waals surface area contributed by atoms with Crippen LogP contribution < -0.4 is 23.7 Å². The maximum atomic E-state index is 12.5. The molecule has 0 bridgehead atoms. The summed E-state index contributed by atoms with van der Waals surface area (Å²) in [5.41, 5.74) is 0.511. The van der Waals surface area contributed by atoms with Gasteiger partial charge < -0.3 is 23.7 Å². The minimum absolute atomic E-state index is 0.0269. The van der Waals surface area contributed by atoms with Crippen molar-refractivity contribution >= 4 is 18.4 Å². The van der Waals surface area contributed by atoms with Crippen LogP contribution in [0.1, 0.15) is 20.7 Å². The molecule has 0 N–H and O–H groups in total. The van der Waals surface area contributed by atoms with E-state index in [-0.39, 0.29) is 34.8 Å². The zero-order valence-electron chi connectivity index (χ0n) is 16.7. The Hall–Kier alpha value is -4.33. The van der Waals surface area contributed by atoms with Gasteiger partial charge in [-0.2, -0.15) is 0 Å². The monoisotopic (exact) mass is 422 g/mol. The molecule has 0 saturated carbocycles. The van der Waals surface area contributed by atoms with Crippen LogP contribution in [0.2, 0.25) is 0 Å². The van der Waals surface area contributed by atoms with Crippen molar-refractivity contribution in [2.45, 2.75) is 0 Å². The molecule has 0 unspecified atom stereocenters. The van der Waals surface area contributed by atoms with Crippen molar-refractivity contribution in [3.8, 4) is 28.7 Å². The van der Waals surface area contributed by atoms with Gasteiger partial charge in [0.15, 0.2) is 11.5 Å². The van der Waals surface area contributed by atoms with Gasteiger partial charge in [-0.15, -0.1) is 0 Å².